The average molecular weight is 315 g/mol. The summed E-state index contributed by atoms with van der Waals surface area (Å²) in [6.07, 6.45) is 3.49. The van der Waals surface area contributed by atoms with Crippen molar-refractivity contribution in [2.24, 2.45) is 0 Å². The van der Waals surface area contributed by atoms with Crippen molar-refractivity contribution in [1.29, 1.82) is 0 Å². The van der Waals surface area contributed by atoms with Gasteiger partial charge < -0.3 is 14.6 Å². The maximum Gasteiger partial charge on any atom is 0.322 e. The first-order valence-corrected chi connectivity index (χ1v) is 7.39. The zero-order valence-corrected chi connectivity index (χ0v) is 12.7. The molecule has 7 heteroatoms. The topological polar surface area (TPSA) is 88.6 Å². The second kappa shape index (κ2) is 6.12. The predicted octanol–water partition coefficient (Wildman–Crippen LogP) is 3.69. The van der Waals surface area contributed by atoms with E-state index in [2.05, 4.69) is 5.32 Å². The smallest absolute Gasteiger partial charge is 0.322 e. The molecule has 0 spiro atoms. The summed E-state index contributed by atoms with van der Waals surface area (Å²) in [6.45, 7) is 2.19. The standard InChI is InChI=1S/C16H17N3O4/c1-11-4-5-13(19(21)22)9-15(11)17-16(20)18(12-6-7-12)10-14-3-2-8-23-14/h2-5,8-9,12H,6-7,10H2,1H3,(H,17,20). The van der Waals surface area contributed by atoms with Gasteiger partial charge in [-0.25, -0.2) is 4.79 Å². The molecule has 7 nitrogen and oxygen atoms in total. The number of nitrogens with zero attached hydrogens (tertiary/aromatic N) is 2. The molecule has 0 atom stereocenters. The van der Waals surface area contributed by atoms with Crippen LogP contribution in [0.1, 0.15) is 24.2 Å². The summed E-state index contributed by atoms with van der Waals surface area (Å²) in [4.78, 5) is 24.7. The van der Waals surface area contributed by atoms with Gasteiger partial charge >= 0.3 is 6.03 Å². The van der Waals surface area contributed by atoms with Gasteiger partial charge in [0.15, 0.2) is 0 Å². The molecule has 0 radical (unpaired) electrons. The van der Waals surface area contributed by atoms with Crippen molar-refractivity contribution >= 4 is 17.4 Å². The number of non-ortho nitro benzene ring substituents is 1. The zero-order chi connectivity index (χ0) is 16.4. The minimum Gasteiger partial charge on any atom is -0.467 e. The molecular weight excluding hydrogens is 298 g/mol. The number of hydrogen-bond acceptors (Lipinski definition) is 4. The number of hydrogen-bond donors (Lipinski definition) is 1. The van der Waals surface area contributed by atoms with E-state index in [4.69, 9.17) is 4.42 Å². The Bertz CT molecular complexity index is 723. The second-order valence-electron chi connectivity index (χ2n) is 5.62. The monoisotopic (exact) mass is 315 g/mol. The van der Waals surface area contributed by atoms with Crippen LogP contribution in [0.4, 0.5) is 16.2 Å². The molecule has 1 aromatic heterocycles. The van der Waals surface area contributed by atoms with E-state index in [1.54, 1.807) is 30.2 Å². The Morgan fingerprint density at radius 1 is 1.43 bits per heavy atom. The number of nitrogens with one attached hydrogen (secondary N) is 1. The minimum absolute atomic E-state index is 0.0464. The first-order chi connectivity index (χ1) is 11.0. The number of rotatable bonds is 5. The summed E-state index contributed by atoms with van der Waals surface area (Å²) < 4.78 is 5.31. The molecule has 1 aliphatic carbocycles. The van der Waals surface area contributed by atoms with Gasteiger partial charge in [-0.3, -0.25) is 10.1 Å². The zero-order valence-electron chi connectivity index (χ0n) is 12.7. The van der Waals surface area contributed by atoms with E-state index in [1.807, 2.05) is 6.07 Å². The molecule has 1 aromatic carbocycles. The van der Waals surface area contributed by atoms with Crippen molar-refractivity contribution in [1.82, 2.24) is 4.90 Å². The molecule has 23 heavy (non-hydrogen) atoms. The lowest BCUT2D eigenvalue weighted by atomic mass is 10.2. The SMILES string of the molecule is Cc1ccc([N+](=O)[O-])cc1NC(=O)N(Cc1ccco1)C1CC1. The van der Waals surface area contributed by atoms with Crippen LogP contribution in [-0.2, 0) is 6.54 Å². The van der Waals surface area contributed by atoms with Gasteiger partial charge in [-0.05, 0) is 37.5 Å². The minimum atomic E-state index is -0.476. The quantitative estimate of drug-likeness (QED) is 0.673. The summed E-state index contributed by atoms with van der Waals surface area (Å²) in [5.74, 6) is 0.711. The van der Waals surface area contributed by atoms with Gasteiger partial charge in [-0.2, -0.15) is 0 Å². The van der Waals surface area contributed by atoms with Crippen molar-refractivity contribution in [3.8, 4) is 0 Å². The van der Waals surface area contributed by atoms with E-state index in [0.717, 1.165) is 18.4 Å². The highest BCUT2D eigenvalue weighted by atomic mass is 16.6. The van der Waals surface area contributed by atoms with Crippen LogP contribution in [0.25, 0.3) is 0 Å². The van der Waals surface area contributed by atoms with Crippen molar-refractivity contribution in [2.75, 3.05) is 5.32 Å². The Kier molecular flexibility index (Phi) is 4.01. The van der Waals surface area contributed by atoms with Crippen molar-refractivity contribution in [2.45, 2.75) is 32.4 Å². The third kappa shape index (κ3) is 3.50. The van der Waals surface area contributed by atoms with Gasteiger partial charge in [-0.1, -0.05) is 6.07 Å². The average Bonchev–Trinajstić information content (AvgIpc) is 3.22. The van der Waals surface area contributed by atoms with Crippen LogP contribution in [0.3, 0.4) is 0 Å². The number of aryl methyl sites for hydroxylation is 1. The van der Waals surface area contributed by atoms with Crippen LogP contribution in [0, 0.1) is 17.0 Å². The normalized spacial score (nSPS) is 13.6. The summed E-state index contributed by atoms with van der Waals surface area (Å²) in [7, 11) is 0. The molecule has 1 heterocycles. The van der Waals surface area contributed by atoms with Crippen molar-refractivity contribution in [3.05, 3.63) is 58.0 Å². The number of nitro groups is 1. The van der Waals surface area contributed by atoms with E-state index >= 15 is 0 Å². The van der Waals surface area contributed by atoms with Gasteiger partial charge in [0, 0.05) is 18.2 Å². The third-order valence-electron chi connectivity index (χ3n) is 3.83. The molecule has 2 amide bonds. The Morgan fingerprint density at radius 3 is 2.83 bits per heavy atom. The summed E-state index contributed by atoms with van der Waals surface area (Å²) in [6, 6.07) is 7.95. The molecule has 0 unspecified atom stereocenters. The van der Waals surface area contributed by atoms with E-state index < -0.39 is 4.92 Å². The van der Waals surface area contributed by atoms with Crippen LogP contribution in [0.2, 0.25) is 0 Å². The molecular formula is C16H17N3O4. The van der Waals surface area contributed by atoms with Gasteiger partial charge in [0.2, 0.25) is 0 Å². The number of amides is 2. The maximum atomic E-state index is 12.6. The van der Waals surface area contributed by atoms with Crippen LogP contribution in [0.5, 0.6) is 0 Å². The van der Waals surface area contributed by atoms with Crippen LogP contribution >= 0.6 is 0 Å². The largest absolute Gasteiger partial charge is 0.467 e. The third-order valence-corrected chi connectivity index (χ3v) is 3.83. The Balaban J connectivity index is 1.76. The maximum absolute atomic E-state index is 12.6. The first kappa shape index (κ1) is 15.1. The molecule has 120 valence electrons. The lowest BCUT2D eigenvalue weighted by Gasteiger charge is -2.22. The van der Waals surface area contributed by atoms with Crippen molar-refractivity contribution < 1.29 is 14.1 Å². The number of urea groups is 1. The summed E-state index contributed by atoms with van der Waals surface area (Å²) >= 11 is 0. The molecule has 1 N–H and O–H groups in total. The van der Waals surface area contributed by atoms with Gasteiger partial charge in [0.1, 0.15) is 5.76 Å². The van der Waals surface area contributed by atoms with E-state index in [0.29, 0.717) is 18.0 Å². The van der Waals surface area contributed by atoms with Gasteiger partial charge in [0.25, 0.3) is 5.69 Å². The molecule has 1 aliphatic rings. The fourth-order valence-corrected chi connectivity index (χ4v) is 2.37. The molecule has 0 aliphatic heterocycles. The molecule has 1 saturated carbocycles. The number of anilines is 1. The molecule has 2 aromatic rings. The predicted molar refractivity (Wildman–Crippen MR) is 84.1 cm³/mol. The Morgan fingerprint density at radius 2 is 2.22 bits per heavy atom. The van der Waals surface area contributed by atoms with E-state index in [9.17, 15) is 14.9 Å². The number of carbonyl (C=O) groups excluding carboxylic acids is 1. The highest BCUT2D eigenvalue weighted by Crippen LogP contribution is 2.30. The highest BCUT2D eigenvalue weighted by Gasteiger charge is 2.33. The molecule has 1 fully saturated rings. The molecule has 0 bridgehead atoms. The summed E-state index contributed by atoms with van der Waals surface area (Å²) in [5, 5.41) is 13.7. The van der Waals surface area contributed by atoms with Crippen LogP contribution in [0.15, 0.2) is 41.0 Å². The number of carbonyl (C=O) groups is 1. The number of furan rings is 1. The van der Waals surface area contributed by atoms with Crippen molar-refractivity contribution in [3.63, 3.8) is 0 Å². The lowest BCUT2D eigenvalue weighted by Crippen LogP contribution is -2.36. The van der Waals surface area contributed by atoms with Crippen LogP contribution < -0.4 is 5.32 Å². The van der Waals surface area contributed by atoms with Gasteiger partial charge in [0.05, 0.1) is 23.4 Å². The fraction of sp³-hybridized carbons (Fsp3) is 0.312. The van der Waals surface area contributed by atoms with E-state index in [-0.39, 0.29) is 17.8 Å². The Labute approximate surface area is 133 Å². The summed E-state index contributed by atoms with van der Waals surface area (Å²) in [5.41, 5.74) is 1.18. The molecule has 0 saturated heterocycles. The highest BCUT2D eigenvalue weighted by molar-refractivity contribution is 5.91. The van der Waals surface area contributed by atoms with Crippen LogP contribution in [-0.4, -0.2) is 21.9 Å². The first-order valence-electron chi connectivity index (χ1n) is 7.39. The Hall–Kier alpha value is -2.83. The fourth-order valence-electron chi connectivity index (χ4n) is 2.37. The van der Waals surface area contributed by atoms with Gasteiger partial charge in [-0.15, -0.1) is 0 Å². The lowest BCUT2D eigenvalue weighted by molar-refractivity contribution is -0.384. The van der Waals surface area contributed by atoms with E-state index in [1.165, 1.54) is 12.1 Å². The molecule has 3 rings (SSSR count). The number of benzene rings is 1. The number of nitro benzene ring substituents is 1. The second-order valence-corrected chi connectivity index (χ2v) is 5.62.